The van der Waals surface area contributed by atoms with Gasteiger partial charge in [-0.15, -0.1) is 0 Å². The lowest BCUT2D eigenvalue weighted by molar-refractivity contribution is 0.0949. The number of halogens is 2. The van der Waals surface area contributed by atoms with Gasteiger partial charge >= 0.3 is 0 Å². The summed E-state index contributed by atoms with van der Waals surface area (Å²) in [6, 6.07) is 3.96. The van der Waals surface area contributed by atoms with Gasteiger partial charge in [-0.1, -0.05) is 31.4 Å². The normalized spacial score (nSPS) is 10.2. The summed E-state index contributed by atoms with van der Waals surface area (Å²) < 4.78 is 13.3. The first kappa shape index (κ1) is 13.0. The van der Waals surface area contributed by atoms with E-state index in [9.17, 15) is 9.18 Å². The van der Waals surface area contributed by atoms with Crippen LogP contribution in [0.5, 0.6) is 0 Å². The zero-order valence-electron chi connectivity index (χ0n) is 9.22. The summed E-state index contributed by atoms with van der Waals surface area (Å²) in [6.07, 6.45) is 3.05. The van der Waals surface area contributed by atoms with Gasteiger partial charge in [0, 0.05) is 11.6 Å². The van der Waals surface area contributed by atoms with Gasteiger partial charge in [0.25, 0.3) is 5.91 Å². The summed E-state index contributed by atoms with van der Waals surface area (Å²) in [5, 5.41) is 3.03. The number of rotatable bonds is 5. The van der Waals surface area contributed by atoms with Gasteiger partial charge in [-0.05, 0) is 24.6 Å². The molecule has 16 heavy (non-hydrogen) atoms. The Kier molecular flexibility index (Phi) is 5.26. The van der Waals surface area contributed by atoms with Crippen LogP contribution in [0.4, 0.5) is 4.39 Å². The molecule has 88 valence electrons. The molecule has 1 aromatic rings. The maximum Gasteiger partial charge on any atom is 0.254 e. The largest absolute Gasteiger partial charge is 0.352 e. The minimum absolute atomic E-state index is 0.00370. The van der Waals surface area contributed by atoms with E-state index in [2.05, 4.69) is 12.2 Å². The van der Waals surface area contributed by atoms with Crippen molar-refractivity contribution in [3.63, 3.8) is 0 Å². The van der Waals surface area contributed by atoms with Crippen molar-refractivity contribution in [3.05, 3.63) is 34.6 Å². The number of amides is 1. The van der Waals surface area contributed by atoms with Gasteiger partial charge in [0.1, 0.15) is 5.82 Å². The number of carbonyl (C=O) groups is 1. The molecule has 0 spiro atoms. The Morgan fingerprint density at radius 3 is 2.88 bits per heavy atom. The number of hydrogen-bond acceptors (Lipinski definition) is 1. The van der Waals surface area contributed by atoms with Crippen LogP contribution in [-0.4, -0.2) is 12.5 Å². The summed E-state index contributed by atoms with van der Waals surface area (Å²) >= 11 is 5.70. The van der Waals surface area contributed by atoms with Crippen molar-refractivity contribution < 1.29 is 9.18 Å². The Balaban J connectivity index is 2.55. The van der Waals surface area contributed by atoms with Gasteiger partial charge in [-0.2, -0.15) is 0 Å². The molecule has 0 radical (unpaired) electrons. The van der Waals surface area contributed by atoms with Crippen LogP contribution in [0.1, 0.15) is 36.5 Å². The highest BCUT2D eigenvalue weighted by Crippen LogP contribution is 2.14. The van der Waals surface area contributed by atoms with Crippen molar-refractivity contribution in [3.8, 4) is 0 Å². The molecular formula is C12H15ClFNO. The fourth-order valence-corrected chi connectivity index (χ4v) is 1.52. The van der Waals surface area contributed by atoms with Crippen LogP contribution < -0.4 is 5.32 Å². The highest BCUT2D eigenvalue weighted by molar-refractivity contribution is 6.30. The minimum Gasteiger partial charge on any atom is -0.352 e. The molecule has 4 heteroatoms. The van der Waals surface area contributed by atoms with Crippen LogP contribution in [0.3, 0.4) is 0 Å². The van der Waals surface area contributed by atoms with Gasteiger partial charge in [0.15, 0.2) is 0 Å². The summed E-state index contributed by atoms with van der Waals surface area (Å²) in [7, 11) is 0. The molecule has 0 fully saturated rings. The molecule has 0 atom stereocenters. The van der Waals surface area contributed by atoms with Crippen LogP contribution in [0.15, 0.2) is 18.2 Å². The van der Waals surface area contributed by atoms with Crippen LogP contribution in [-0.2, 0) is 0 Å². The molecular weight excluding hydrogens is 229 g/mol. The van der Waals surface area contributed by atoms with E-state index in [1.807, 2.05) is 0 Å². The lowest BCUT2D eigenvalue weighted by Crippen LogP contribution is -2.25. The Bertz CT molecular complexity index is 368. The first-order valence-corrected chi connectivity index (χ1v) is 5.76. The van der Waals surface area contributed by atoms with Crippen molar-refractivity contribution >= 4 is 17.5 Å². The third kappa shape index (κ3) is 3.81. The number of benzene rings is 1. The van der Waals surface area contributed by atoms with Crippen LogP contribution in [0.25, 0.3) is 0 Å². The standard InChI is InChI=1S/C12H15ClFNO/c1-2-3-4-7-15-12(16)10-8-9(13)5-6-11(10)14/h5-6,8H,2-4,7H2,1H3,(H,15,16). The minimum atomic E-state index is -0.544. The fraction of sp³-hybridized carbons (Fsp3) is 0.417. The molecule has 0 unspecified atom stereocenters. The molecule has 0 saturated carbocycles. The zero-order chi connectivity index (χ0) is 12.0. The Morgan fingerprint density at radius 1 is 1.44 bits per heavy atom. The molecule has 0 aliphatic heterocycles. The number of carbonyl (C=O) groups excluding carboxylic acids is 1. The quantitative estimate of drug-likeness (QED) is 0.789. The molecule has 0 aromatic heterocycles. The maximum atomic E-state index is 13.3. The summed E-state index contributed by atoms with van der Waals surface area (Å²) in [4.78, 5) is 11.6. The van der Waals surface area contributed by atoms with Gasteiger partial charge < -0.3 is 5.32 Å². The average Bonchev–Trinajstić information content (AvgIpc) is 2.27. The second-order valence-corrected chi connectivity index (χ2v) is 4.02. The SMILES string of the molecule is CCCCCNC(=O)c1cc(Cl)ccc1F. The second kappa shape index (κ2) is 6.48. The van der Waals surface area contributed by atoms with Crippen molar-refractivity contribution in [1.29, 1.82) is 0 Å². The zero-order valence-corrected chi connectivity index (χ0v) is 9.98. The van der Waals surface area contributed by atoms with E-state index in [1.54, 1.807) is 0 Å². The molecule has 0 bridgehead atoms. The molecule has 0 saturated heterocycles. The predicted molar refractivity (Wildman–Crippen MR) is 63.3 cm³/mol. The van der Waals surface area contributed by atoms with Crippen molar-refractivity contribution in [1.82, 2.24) is 5.32 Å². The lowest BCUT2D eigenvalue weighted by atomic mass is 10.2. The third-order valence-electron chi connectivity index (χ3n) is 2.24. The van der Waals surface area contributed by atoms with E-state index in [1.165, 1.54) is 18.2 Å². The third-order valence-corrected chi connectivity index (χ3v) is 2.47. The maximum absolute atomic E-state index is 13.3. The average molecular weight is 244 g/mol. The molecule has 1 rings (SSSR count). The highest BCUT2D eigenvalue weighted by atomic mass is 35.5. The first-order valence-electron chi connectivity index (χ1n) is 5.38. The molecule has 0 aliphatic carbocycles. The van der Waals surface area contributed by atoms with Gasteiger partial charge in [-0.3, -0.25) is 4.79 Å². The van der Waals surface area contributed by atoms with E-state index >= 15 is 0 Å². The lowest BCUT2D eigenvalue weighted by Gasteiger charge is -2.05. The fourth-order valence-electron chi connectivity index (χ4n) is 1.34. The molecule has 1 aromatic carbocycles. The molecule has 2 nitrogen and oxygen atoms in total. The van der Waals surface area contributed by atoms with Crippen molar-refractivity contribution in [2.75, 3.05) is 6.54 Å². The Labute approximate surface area is 99.8 Å². The summed E-state index contributed by atoms with van der Waals surface area (Å²) in [5.41, 5.74) is 0.00370. The van der Waals surface area contributed by atoms with E-state index in [0.29, 0.717) is 11.6 Å². The number of nitrogens with one attached hydrogen (secondary N) is 1. The number of hydrogen-bond donors (Lipinski definition) is 1. The van der Waals surface area contributed by atoms with E-state index < -0.39 is 11.7 Å². The van der Waals surface area contributed by atoms with Crippen LogP contribution in [0, 0.1) is 5.82 Å². The van der Waals surface area contributed by atoms with E-state index in [0.717, 1.165) is 19.3 Å². The highest BCUT2D eigenvalue weighted by Gasteiger charge is 2.11. The van der Waals surface area contributed by atoms with Crippen LogP contribution in [0.2, 0.25) is 5.02 Å². The van der Waals surface area contributed by atoms with Gasteiger partial charge in [0.05, 0.1) is 5.56 Å². The molecule has 1 amide bonds. The van der Waals surface area contributed by atoms with Crippen molar-refractivity contribution in [2.45, 2.75) is 26.2 Å². The van der Waals surface area contributed by atoms with Gasteiger partial charge in [-0.25, -0.2) is 4.39 Å². The van der Waals surface area contributed by atoms with Crippen molar-refractivity contribution in [2.24, 2.45) is 0 Å². The topological polar surface area (TPSA) is 29.1 Å². The summed E-state index contributed by atoms with van der Waals surface area (Å²) in [5.74, 6) is -0.950. The number of unbranched alkanes of at least 4 members (excludes halogenated alkanes) is 2. The molecule has 0 heterocycles. The van der Waals surface area contributed by atoms with Gasteiger partial charge in [0.2, 0.25) is 0 Å². The Morgan fingerprint density at radius 2 is 2.19 bits per heavy atom. The predicted octanol–water partition coefficient (Wildman–Crippen LogP) is 3.40. The second-order valence-electron chi connectivity index (χ2n) is 3.59. The van der Waals surface area contributed by atoms with Crippen LogP contribution >= 0.6 is 11.6 Å². The molecule has 0 aliphatic rings. The van der Waals surface area contributed by atoms with E-state index in [4.69, 9.17) is 11.6 Å². The smallest absolute Gasteiger partial charge is 0.254 e. The Hall–Kier alpha value is -1.09. The monoisotopic (exact) mass is 243 g/mol. The first-order chi connectivity index (χ1) is 7.65. The van der Waals surface area contributed by atoms with E-state index in [-0.39, 0.29) is 5.56 Å². The molecule has 1 N–H and O–H groups in total. The summed E-state index contributed by atoms with van der Waals surface area (Å²) in [6.45, 7) is 2.65.